The van der Waals surface area contributed by atoms with Crippen molar-refractivity contribution in [1.82, 2.24) is 15.5 Å². The second-order valence-electron chi connectivity index (χ2n) is 5.90. The third-order valence-corrected chi connectivity index (χ3v) is 3.70. The summed E-state index contributed by atoms with van der Waals surface area (Å²) in [4.78, 5) is 26.9. The second-order valence-corrected chi connectivity index (χ2v) is 5.90. The molecule has 0 aliphatic carbocycles. The van der Waals surface area contributed by atoms with Gasteiger partial charge in [0.15, 0.2) is 6.61 Å². The maximum absolute atomic E-state index is 12.9. The molecule has 0 unspecified atom stereocenters. The van der Waals surface area contributed by atoms with E-state index < -0.39 is 11.8 Å². The average Bonchev–Trinajstić information content (AvgIpc) is 3.15. The lowest BCUT2D eigenvalue weighted by Gasteiger charge is -2.04. The number of halogens is 1. The quantitative estimate of drug-likeness (QED) is 0.610. The molecule has 0 atom stereocenters. The van der Waals surface area contributed by atoms with Crippen LogP contribution >= 0.6 is 0 Å². The van der Waals surface area contributed by atoms with Crippen molar-refractivity contribution in [2.75, 3.05) is 0 Å². The summed E-state index contributed by atoms with van der Waals surface area (Å²) in [5.74, 6) is -0.755. The highest BCUT2D eigenvalue weighted by Crippen LogP contribution is 2.14. The number of nitrogens with two attached hydrogens (primary N) is 1. The molecule has 144 valence electrons. The van der Waals surface area contributed by atoms with Gasteiger partial charge in [-0.3, -0.25) is 9.59 Å². The summed E-state index contributed by atoms with van der Waals surface area (Å²) in [5.41, 5.74) is 6.65. The Morgan fingerprint density at radius 2 is 1.75 bits per heavy atom. The minimum Gasteiger partial charge on any atom is -0.485 e. The number of carbonyl (C=O) groups is 2. The van der Waals surface area contributed by atoms with Crippen molar-refractivity contribution in [1.29, 1.82) is 0 Å². The van der Waals surface area contributed by atoms with Crippen LogP contribution in [0.2, 0.25) is 0 Å². The Morgan fingerprint density at radius 3 is 2.43 bits per heavy atom. The molecule has 0 fully saturated rings. The smallest absolute Gasteiger partial charge is 0.316 e. The molecule has 2 amide bonds. The number of hydrogen-bond acceptors (Lipinski definition) is 6. The summed E-state index contributed by atoms with van der Waals surface area (Å²) < 4.78 is 23.3. The highest BCUT2D eigenvalue weighted by Gasteiger charge is 2.15. The van der Waals surface area contributed by atoms with E-state index in [-0.39, 0.29) is 37.1 Å². The number of nitrogens with zero attached hydrogens (tertiary/aromatic N) is 2. The van der Waals surface area contributed by atoms with Crippen molar-refractivity contribution >= 4 is 11.8 Å². The first-order valence-electron chi connectivity index (χ1n) is 8.35. The molecule has 0 spiro atoms. The van der Waals surface area contributed by atoms with Crippen LogP contribution in [0.3, 0.4) is 0 Å². The summed E-state index contributed by atoms with van der Waals surface area (Å²) in [7, 11) is 0. The molecule has 3 N–H and O–H groups in total. The number of primary amides is 1. The molecular weight excluding hydrogens is 367 g/mol. The van der Waals surface area contributed by atoms with Crippen molar-refractivity contribution in [3.05, 3.63) is 77.2 Å². The maximum atomic E-state index is 12.9. The number of hydrogen-bond donors (Lipinski definition) is 2. The molecule has 1 aromatic heterocycles. The van der Waals surface area contributed by atoms with E-state index in [1.54, 1.807) is 36.4 Å². The number of aromatic nitrogens is 2. The van der Waals surface area contributed by atoms with E-state index in [2.05, 4.69) is 15.5 Å². The van der Waals surface area contributed by atoms with Crippen LogP contribution in [0.25, 0.3) is 0 Å². The number of benzene rings is 2. The van der Waals surface area contributed by atoms with E-state index >= 15 is 0 Å². The third kappa shape index (κ3) is 5.37. The minimum absolute atomic E-state index is 0.00388. The minimum atomic E-state index is -0.543. The zero-order valence-corrected chi connectivity index (χ0v) is 14.7. The van der Waals surface area contributed by atoms with Gasteiger partial charge in [0, 0.05) is 6.54 Å². The first-order chi connectivity index (χ1) is 13.5. The van der Waals surface area contributed by atoms with E-state index in [1.807, 2.05) is 0 Å². The summed E-state index contributed by atoms with van der Waals surface area (Å²) in [5, 5.41) is 6.30. The van der Waals surface area contributed by atoms with Gasteiger partial charge >= 0.3 is 11.8 Å². The zero-order chi connectivity index (χ0) is 19.9. The van der Waals surface area contributed by atoms with Crippen LogP contribution in [-0.4, -0.2) is 22.0 Å². The Morgan fingerprint density at radius 1 is 1.07 bits per heavy atom. The van der Waals surface area contributed by atoms with Crippen molar-refractivity contribution in [3.8, 4) is 5.75 Å². The van der Waals surface area contributed by atoms with Gasteiger partial charge in [-0.1, -0.05) is 29.4 Å². The molecule has 3 aromatic rings. The van der Waals surface area contributed by atoms with Crippen LogP contribution in [-0.2, 0) is 24.4 Å². The standard InChI is InChI=1S/C19H17FN4O4/c20-14-5-1-13(2-6-14)10-22-18(26)19-23-17(24-28-19)11-27-15-7-3-12(4-8-15)9-16(21)25/h1-8H,9-11H2,(H2,21,25)(H,22,26). The number of amides is 2. The molecule has 0 saturated carbocycles. The van der Waals surface area contributed by atoms with Crippen molar-refractivity contribution in [2.24, 2.45) is 5.73 Å². The van der Waals surface area contributed by atoms with Gasteiger partial charge in [0.2, 0.25) is 11.7 Å². The topological polar surface area (TPSA) is 120 Å². The molecule has 28 heavy (non-hydrogen) atoms. The number of ether oxygens (including phenoxy) is 1. The first kappa shape index (κ1) is 19.0. The van der Waals surface area contributed by atoms with Gasteiger partial charge in [-0.15, -0.1) is 0 Å². The Bertz CT molecular complexity index is 955. The molecule has 9 heteroatoms. The Hall–Kier alpha value is -3.75. The molecule has 0 aliphatic rings. The van der Waals surface area contributed by atoms with Gasteiger partial charge in [-0.25, -0.2) is 4.39 Å². The second kappa shape index (κ2) is 8.76. The first-order valence-corrected chi connectivity index (χ1v) is 8.35. The average molecular weight is 384 g/mol. The molecule has 8 nitrogen and oxygen atoms in total. The van der Waals surface area contributed by atoms with E-state index in [4.69, 9.17) is 15.0 Å². The van der Waals surface area contributed by atoms with Crippen LogP contribution in [0, 0.1) is 5.82 Å². The summed E-state index contributed by atoms with van der Waals surface area (Å²) in [6.45, 7) is 0.203. The van der Waals surface area contributed by atoms with Crippen LogP contribution < -0.4 is 15.8 Å². The van der Waals surface area contributed by atoms with E-state index in [0.29, 0.717) is 5.75 Å². The SMILES string of the molecule is NC(=O)Cc1ccc(OCc2noc(C(=O)NCc3ccc(F)cc3)n2)cc1. The van der Waals surface area contributed by atoms with Crippen LogP contribution in [0.15, 0.2) is 53.1 Å². The van der Waals surface area contributed by atoms with Gasteiger partial charge in [0.25, 0.3) is 0 Å². The zero-order valence-electron chi connectivity index (χ0n) is 14.7. The molecular formula is C19H17FN4O4. The monoisotopic (exact) mass is 384 g/mol. The largest absolute Gasteiger partial charge is 0.485 e. The lowest BCUT2D eigenvalue weighted by molar-refractivity contribution is -0.117. The van der Waals surface area contributed by atoms with E-state index in [0.717, 1.165) is 11.1 Å². The summed E-state index contributed by atoms with van der Waals surface area (Å²) in [6, 6.07) is 12.6. The fourth-order valence-electron chi connectivity index (χ4n) is 2.32. The highest BCUT2D eigenvalue weighted by molar-refractivity contribution is 5.89. The molecule has 2 aromatic carbocycles. The number of nitrogens with one attached hydrogen (secondary N) is 1. The molecule has 1 heterocycles. The van der Waals surface area contributed by atoms with Crippen molar-refractivity contribution in [3.63, 3.8) is 0 Å². The van der Waals surface area contributed by atoms with E-state index in [9.17, 15) is 14.0 Å². The molecule has 3 rings (SSSR count). The predicted octanol–water partition coefficient (Wildman–Crippen LogP) is 1.75. The summed E-state index contributed by atoms with van der Waals surface area (Å²) in [6.07, 6.45) is 0.154. The van der Waals surface area contributed by atoms with Gasteiger partial charge in [0.05, 0.1) is 6.42 Å². The number of rotatable bonds is 8. The predicted molar refractivity (Wildman–Crippen MR) is 95.5 cm³/mol. The fourth-order valence-corrected chi connectivity index (χ4v) is 2.32. The lowest BCUT2D eigenvalue weighted by atomic mass is 10.1. The molecule has 0 bridgehead atoms. The van der Waals surface area contributed by atoms with Gasteiger partial charge in [-0.2, -0.15) is 4.98 Å². The molecule has 0 radical (unpaired) electrons. The Labute approximate surface area is 159 Å². The van der Waals surface area contributed by atoms with Crippen LogP contribution in [0.1, 0.15) is 27.6 Å². The normalized spacial score (nSPS) is 10.5. The van der Waals surface area contributed by atoms with Crippen molar-refractivity contribution in [2.45, 2.75) is 19.6 Å². The Balaban J connectivity index is 1.49. The molecule has 0 aliphatic heterocycles. The maximum Gasteiger partial charge on any atom is 0.316 e. The fraction of sp³-hybridized carbons (Fsp3) is 0.158. The summed E-state index contributed by atoms with van der Waals surface area (Å²) >= 11 is 0. The van der Waals surface area contributed by atoms with Gasteiger partial charge in [0.1, 0.15) is 11.6 Å². The van der Waals surface area contributed by atoms with Gasteiger partial charge in [-0.05, 0) is 35.4 Å². The molecule has 0 saturated heterocycles. The van der Waals surface area contributed by atoms with Crippen LogP contribution in [0.4, 0.5) is 4.39 Å². The highest BCUT2D eigenvalue weighted by atomic mass is 19.1. The van der Waals surface area contributed by atoms with Gasteiger partial charge < -0.3 is 20.3 Å². The van der Waals surface area contributed by atoms with E-state index in [1.165, 1.54) is 12.1 Å². The number of carbonyl (C=O) groups excluding carboxylic acids is 2. The lowest BCUT2D eigenvalue weighted by Crippen LogP contribution is -2.23. The van der Waals surface area contributed by atoms with Crippen molar-refractivity contribution < 1.29 is 23.2 Å². The third-order valence-electron chi connectivity index (χ3n) is 3.70. The van der Waals surface area contributed by atoms with Crippen LogP contribution in [0.5, 0.6) is 5.75 Å². The Kier molecular flexibility index (Phi) is 5.95.